The lowest BCUT2D eigenvalue weighted by molar-refractivity contribution is 0.607. The summed E-state index contributed by atoms with van der Waals surface area (Å²) in [5.74, 6) is -0.206. The lowest BCUT2D eigenvalue weighted by atomic mass is 10.1. The molecule has 2 nitrogen and oxygen atoms in total. The van der Waals surface area contributed by atoms with E-state index in [9.17, 15) is 4.39 Å². The predicted octanol–water partition coefficient (Wildman–Crippen LogP) is 4.12. The van der Waals surface area contributed by atoms with Crippen molar-refractivity contribution >= 4 is 27.3 Å². The number of rotatable bonds is 3. The van der Waals surface area contributed by atoms with Crippen molar-refractivity contribution in [1.29, 1.82) is 0 Å². The molecule has 0 aliphatic rings. The molecule has 0 radical (unpaired) electrons. The molecule has 0 saturated heterocycles. The van der Waals surface area contributed by atoms with Gasteiger partial charge in [0.25, 0.3) is 0 Å². The van der Waals surface area contributed by atoms with Gasteiger partial charge in [-0.2, -0.15) is 0 Å². The third kappa shape index (κ3) is 3.07. The van der Waals surface area contributed by atoms with E-state index in [1.165, 1.54) is 6.07 Å². The summed E-state index contributed by atoms with van der Waals surface area (Å²) in [6.45, 7) is 2.47. The van der Waals surface area contributed by atoms with Crippen molar-refractivity contribution in [2.75, 3.05) is 17.7 Å². The summed E-state index contributed by atoms with van der Waals surface area (Å²) in [5.41, 5.74) is 9.37. The molecule has 0 saturated carbocycles. The zero-order chi connectivity index (χ0) is 14.0. The number of benzene rings is 2. The van der Waals surface area contributed by atoms with Gasteiger partial charge in [-0.25, -0.2) is 4.39 Å². The summed E-state index contributed by atoms with van der Waals surface area (Å²) in [4.78, 5) is 1.97. The SMILES string of the molecule is Cc1cccc(N)c1N(C)Cc1cc(Br)ccc1F. The van der Waals surface area contributed by atoms with Crippen molar-refractivity contribution in [2.24, 2.45) is 0 Å². The van der Waals surface area contributed by atoms with Crippen molar-refractivity contribution < 1.29 is 4.39 Å². The molecule has 0 aromatic heterocycles. The van der Waals surface area contributed by atoms with Gasteiger partial charge in [0.2, 0.25) is 0 Å². The minimum absolute atomic E-state index is 0.206. The summed E-state index contributed by atoms with van der Waals surface area (Å²) in [7, 11) is 1.92. The van der Waals surface area contributed by atoms with Gasteiger partial charge < -0.3 is 10.6 Å². The standard InChI is InChI=1S/C15H16BrFN2/c1-10-4-3-5-14(18)15(10)19(2)9-11-8-12(16)6-7-13(11)17/h3-8H,9,18H2,1-2H3. The average Bonchev–Trinajstić information content (AvgIpc) is 2.33. The Morgan fingerprint density at radius 2 is 2.00 bits per heavy atom. The number of para-hydroxylation sites is 1. The fraction of sp³-hybridized carbons (Fsp3) is 0.200. The van der Waals surface area contributed by atoms with Crippen molar-refractivity contribution in [3.8, 4) is 0 Å². The molecule has 0 fully saturated rings. The lowest BCUT2D eigenvalue weighted by Gasteiger charge is -2.23. The first-order chi connectivity index (χ1) is 8.99. The fourth-order valence-corrected chi connectivity index (χ4v) is 2.61. The van der Waals surface area contributed by atoms with Crippen LogP contribution in [-0.2, 0) is 6.54 Å². The molecule has 2 aromatic carbocycles. The molecule has 19 heavy (non-hydrogen) atoms. The third-order valence-electron chi connectivity index (χ3n) is 3.07. The van der Waals surface area contributed by atoms with Gasteiger partial charge in [-0.1, -0.05) is 28.1 Å². The average molecular weight is 323 g/mol. The van der Waals surface area contributed by atoms with Gasteiger partial charge >= 0.3 is 0 Å². The molecule has 0 spiro atoms. The van der Waals surface area contributed by atoms with Gasteiger partial charge in [-0.15, -0.1) is 0 Å². The van der Waals surface area contributed by atoms with Gasteiger partial charge in [0.05, 0.1) is 11.4 Å². The molecular weight excluding hydrogens is 307 g/mol. The van der Waals surface area contributed by atoms with Crippen LogP contribution in [0.3, 0.4) is 0 Å². The van der Waals surface area contributed by atoms with Crippen LogP contribution in [0.5, 0.6) is 0 Å². The Balaban J connectivity index is 2.31. The van der Waals surface area contributed by atoms with E-state index in [0.29, 0.717) is 17.8 Å². The second-order valence-corrected chi connectivity index (χ2v) is 5.52. The highest BCUT2D eigenvalue weighted by atomic mass is 79.9. The molecule has 0 amide bonds. The summed E-state index contributed by atoms with van der Waals surface area (Å²) in [6.07, 6.45) is 0. The molecule has 2 rings (SSSR count). The van der Waals surface area contributed by atoms with Crippen LogP contribution >= 0.6 is 15.9 Å². The third-order valence-corrected chi connectivity index (χ3v) is 3.56. The van der Waals surface area contributed by atoms with Crippen LogP contribution in [0.1, 0.15) is 11.1 Å². The first kappa shape index (κ1) is 13.9. The Bertz CT molecular complexity index is 578. The van der Waals surface area contributed by atoms with E-state index in [1.54, 1.807) is 12.1 Å². The zero-order valence-electron chi connectivity index (χ0n) is 11.0. The van der Waals surface area contributed by atoms with E-state index in [4.69, 9.17) is 5.73 Å². The number of nitrogen functional groups attached to an aromatic ring is 1. The highest BCUT2D eigenvalue weighted by Crippen LogP contribution is 2.28. The molecule has 0 aliphatic heterocycles. The quantitative estimate of drug-likeness (QED) is 0.861. The number of nitrogens with two attached hydrogens (primary N) is 1. The second kappa shape index (κ2) is 5.61. The molecule has 0 heterocycles. The molecule has 2 N–H and O–H groups in total. The van der Waals surface area contributed by atoms with Gasteiger partial charge in [-0.3, -0.25) is 0 Å². The highest BCUT2D eigenvalue weighted by Gasteiger charge is 2.11. The van der Waals surface area contributed by atoms with Crippen LogP contribution in [0.15, 0.2) is 40.9 Å². The molecule has 100 valence electrons. The topological polar surface area (TPSA) is 29.3 Å². The second-order valence-electron chi connectivity index (χ2n) is 4.60. The van der Waals surface area contributed by atoms with E-state index >= 15 is 0 Å². The maximum absolute atomic E-state index is 13.8. The molecule has 0 bridgehead atoms. The normalized spacial score (nSPS) is 10.5. The van der Waals surface area contributed by atoms with Crippen molar-refractivity contribution in [3.05, 3.63) is 57.8 Å². The van der Waals surface area contributed by atoms with Crippen molar-refractivity contribution in [3.63, 3.8) is 0 Å². The van der Waals surface area contributed by atoms with E-state index in [2.05, 4.69) is 15.9 Å². The van der Waals surface area contributed by atoms with E-state index in [0.717, 1.165) is 15.7 Å². The van der Waals surface area contributed by atoms with Crippen LogP contribution in [0.4, 0.5) is 15.8 Å². The molecule has 4 heteroatoms. The molecule has 0 unspecified atom stereocenters. The summed E-state index contributed by atoms with van der Waals surface area (Å²) in [5, 5.41) is 0. The maximum atomic E-state index is 13.8. The first-order valence-electron chi connectivity index (χ1n) is 5.99. The highest BCUT2D eigenvalue weighted by molar-refractivity contribution is 9.10. The fourth-order valence-electron chi connectivity index (χ4n) is 2.20. The number of hydrogen-bond acceptors (Lipinski definition) is 2. The number of anilines is 2. The zero-order valence-corrected chi connectivity index (χ0v) is 12.5. The minimum Gasteiger partial charge on any atom is -0.397 e. The van der Waals surface area contributed by atoms with Crippen LogP contribution < -0.4 is 10.6 Å². The molecular formula is C15H16BrFN2. The Hall–Kier alpha value is -1.55. The van der Waals surface area contributed by atoms with E-state index in [-0.39, 0.29) is 5.82 Å². The van der Waals surface area contributed by atoms with Crippen LogP contribution in [-0.4, -0.2) is 7.05 Å². The number of aryl methyl sites for hydroxylation is 1. The van der Waals surface area contributed by atoms with Crippen molar-refractivity contribution in [1.82, 2.24) is 0 Å². The number of halogens is 2. The van der Waals surface area contributed by atoms with Gasteiger partial charge in [-0.05, 0) is 36.8 Å². The first-order valence-corrected chi connectivity index (χ1v) is 6.78. The van der Waals surface area contributed by atoms with Gasteiger partial charge in [0, 0.05) is 23.6 Å². The predicted molar refractivity (Wildman–Crippen MR) is 81.8 cm³/mol. The minimum atomic E-state index is -0.206. The van der Waals surface area contributed by atoms with Crippen LogP contribution in [0, 0.1) is 12.7 Å². The van der Waals surface area contributed by atoms with Crippen LogP contribution in [0.2, 0.25) is 0 Å². The molecule has 0 atom stereocenters. The number of hydrogen-bond donors (Lipinski definition) is 1. The Morgan fingerprint density at radius 1 is 1.26 bits per heavy atom. The lowest BCUT2D eigenvalue weighted by Crippen LogP contribution is -2.19. The summed E-state index contributed by atoms with van der Waals surface area (Å²) < 4.78 is 14.6. The summed E-state index contributed by atoms with van der Waals surface area (Å²) >= 11 is 3.36. The smallest absolute Gasteiger partial charge is 0.128 e. The Kier molecular flexibility index (Phi) is 4.10. The Labute approximate surface area is 121 Å². The largest absolute Gasteiger partial charge is 0.397 e. The van der Waals surface area contributed by atoms with E-state index in [1.807, 2.05) is 37.1 Å². The molecule has 2 aromatic rings. The monoisotopic (exact) mass is 322 g/mol. The molecule has 0 aliphatic carbocycles. The Morgan fingerprint density at radius 3 is 2.68 bits per heavy atom. The van der Waals surface area contributed by atoms with Crippen molar-refractivity contribution in [2.45, 2.75) is 13.5 Å². The van der Waals surface area contributed by atoms with Gasteiger partial charge in [0.1, 0.15) is 5.82 Å². The summed E-state index contributed by atoms with van der Waals surface area (Å²) in [6, 6.07) is 10.7. The maximum Gasteiger partial charge on any atom is 0.128 e. The van der Waals surface area contributed by atoms with Gasteiger partial charge in [0.15, 0.2) is 0 Å². The number of nitrogens with zero attached hydrogens (tertiary/aromatic N) is 1. The van der Waals surface area contributed by atoms with E-state index < -0.39 is 0 Å². The van der Waals surface area contributed by atoms with Crippen LogP contribution in [0.25, 0.3) is 0 Å².